The quantitative estimate of drug-likeness (QED) is 0.218. The van der Waals surface area contributed by atoms with Gasteiger partial charge in [0.1, 0.15) is 12.3 Å². The Bertz CT molecular complexity index is 1410. The predicted octanol–water partition coefficient (Wildman–Crippen LogP) is 5.89. The molecule has 0 bridgehead atoms. The van der Waals surface area contributed by atoms with E-state index < -0.39 is 20.2 Å². The lowest BCUT2D eigenvalue weighted by Gasteiger charge is -2.37. The van der Waals surface area contributed by atoms with Gasteiger partial charge < -0.3 is 23.9 Å². The van der Waals surface area contributed by atoms with Crippen LogP contribution in [0, 0.1) is 5.92 Å². The lowest BCUT2D eigenvalue weighted by Crippen LogP contribution is -2.44. The third kappa shape index (κ3) is 5.77. The zero-order valence-electron chi connectivity index (χ0n) is 24.4. The summed E-state index contributed by atoms with van der Waals surface area (Å²) in [7, 11) is -2.06. The number of nitrogens with two attached hydrogens (primary N) is 1. The van der Waals surface area contributed by atoms with E-state index >= 15 is 0 Å². The first-order valence-corrected chi connectivity index (χ1v) is 20.8. The third-order valence-electron chi connectivity index (χ3n) is 9.06. The molecule has 2 saturated heterocycles. The van der Waals surface area contributed by atoms with Crippen molar-refractivity contribution in [3.8, 4) is 0 Å². The SMILES string of the molecule is C=C(C)[C@H]1CC[C@@]2(C)SP(=S)(O[C@H]3C[C@H](n4cnc5c(=O)[nH]c(N)nc54)O[C@@H]3CO[Si](C)(C)C(C)(C)C)O[C@@H]2C1. The molecule has 5 rings (SSSR count). The van der Waals surface area contributed by atoms with Crippen LogP contribution in [-0.2, 0) is 30.0 Å². The van der Waals surface area contributed by atoms with Crippen molar-refractivity contribution in [2.45, 2.75) is 108 Å². The maximum Gasteiger partial charge on any atom is 0.280 e. The molecule has 1 unspecified atom stereocenters. The van der Waals surface area contributed by atoms with E-state index in [1.165, 1.54) is 5.57 Å². The first-order chi connectivity index (χ1) is 18.5. The van der Waals surface area contributed by atoms with Crippen molar-refractivity contribution in [3.05, 3.63) is 28.8 Å². The molecule has 3 N–H and O–H groups in total. The van der Waals surface area contributed by atoms with E-state index in [2.05, 4.69) is 69.2 Å². The van der Waals surface area contributed by atoms with Gasteiger partial charge >= 0.3 is 0 Å². The molecular formula is C26H42N5O5PS2Si. The summed E-state index contributed by atoms with van der Waals surface area (Å²) in [6, 6.07) is 0. The fourth-order valence-corrected chi connectivity index (χ4v) is 14.0. The Hall–Kier alpha value is -1.05. The molecule has 222 valence electrons. The lowest BCUT2D eigenvalue weighted by molar-refractivity contribution is -0.0370. The van der Waals surface area contributed by atoms with E-state index in [1.54, 1.807) is 22.3 Å². The number of H-pyrrole nitrogens is 1. The molecule has 40 heavy (non-hydrogen) atoms. The van der Waals surface area contributed by atoms with Gasteiger partial charge in [-0.15, -0.1) is 0 Å². The summed E-state index contributed by atoms with van der Waals surface area (Å²) in [5.41, 5.74) is 4.57. The van der Waals surface area contributed by atoms with Gasteiger partial charge in [-0.05, 0) is 69.0 Å². The van der Waals surface area contributed by atoms with Crippen LogP contribution in [0.2, 0.25) is 18.1 Å². The van der Waals surface area contributed by atoms with Crippen LogP contribution in [0.15, 0.2) is 23.3 Å². The van der Waals surface area contributed by atoms with Crippen molar-refractivity contribution in [3.63, 3.8) is 0 Å². The van der Waals surface area contributed by atoms with Crippen molar-refractivity contribution in [2.24, 2.45) is 5.92 Å². The summed E-state index contributed by atoms with van der Waals surface area (Å²) in [6.45, 7) is 20.0. The molecule has 0 aromatic carbocycles. The Morgan fingerprint density at radius 1 is 1.43 bits per heavy atom. The monoisotopic (exact) mass is 627 g/mol. The van der Waals surface area contributed by atoms with E-state index in [-0.39, 0.29) is 45.1 Å². The number of allylic oxidation sites excluding steroid dienone is 1. The highest BCUT2D eigenvalue weighted by atomic mass is 32.9. The van der Waals surface area contributed by atoms with Gasteiger partial charge in [0, 0.05) is 11.2 Å². The maximum atomic E-state index is 12.4. The number of aromatic amines is 1. The highest BCUT2D eigenvalue weighted by Crippen LogP contribution is 2.76. The number of anilines is 1. The molecule has 14 heteroatoms. The van der Waals surface area contributed by atoms with Crippen LogP contribution in [0.25, 0.3) is 11.2 Å². The Morgan fingerprint density at radius 2 is 2.15 bits per heavy atom. The second-order valence-electron chi connectivity index (χ2n) is 13.1. The normalized spacial score (nSPS) is 34.8. The fraction of sp³-hybridized carbons (Fsp3) is 0.731. The van der Waals surface area contributed by atoms with E-state index in [9.17, 15) is 4.79 Å². The van der Waals surface area contributed by atoms with E-state index in [0.717, 1.165) is 19.3 Å². The average molecular weight is 628 g/mol. The first-order valence-electron chi connectivity index (χ1n) is 13.8. The van der Waals surface area contributed by atoms with Crippen LogP contribution in [-0.4, -0.2) is 57.5 Å². The van der Waals surface area contributed by atoms with Gasteiger partial charge in [-0.2, -0.15) is 4.98 Å². The standard InChI is InChI=1S/C26H42N5O5PS2Si/c1-15(2)16-9-10-26(6)19(11-16)36-37(38,39-26)35-17-12-20(34-18(17)13-33-40(7,8)25(3,4)5)31-14-28-21-22(31)29-24(27)30-23(21)32/h14,16-20H,1,9-13H2,2-8H3,(H3,27,29,30,32)/t16-,17-,18+,19+,20+,26+,37?/m0/s1. The second kappa shape index (κ2) is 10.6. The van der Waals surface area contributed by atoms with Crippen molar-refractivity contribution in [2.75, 3.05) is 12.3 Å². The van der Waals surface area contributed by atoms with Crippen molar-refractivity contribution in [1.82, 2.24) is 19.5 Å². The smallest absolute Gasteiger partial charge is 0.280 e. The van der Waals surface area contributed by atoms with Crippen LogP contribution >= 0.6 is 17.1 Å². The fourth-order valence-electron chi connectivity index (χ4n) is 5.39. The van der Waals surface area contributed by atoms with Crippen LogP contribution in [0.4, 0.5) is 5.95 Å². The van der Waals surface area contributed by atoms with Gasteiger partial charge in [0.05, 0.1) is 25.1 Å². The minimum atomic E-state index is -2.67. The number of ether oxygens (including phenoxy) is 1. The Balaban J connectivity index is 1.40. The predicted molar refractivity (Wildman–Crippen MR) is 166 cm³/mol. The number of hydrogen-bond acceptors (Lipinski definition) is 10. The molecule has 1 saturated carbocycles. The Labute approximate surface area is 246 Å². The zero-order chi connectivity index (χ0) is 29.3. The summed E-state index contributed by atoms with van der Waals surface area (Å²) < 4.78 is 28.2. The van der Waals surface area contributed by atoms with Gasteiger partial charge in [0.2, 0.25) is 11.6 Å². The molecule has 0 radical (unpaired) electrons. The molecule has 1 aliphatic carbocycles. The Morgan fingerprint density at radius 3 is 2.83 bits per heavy atom. The largest absolute Gasteiger partial charge is 0.414 e. The second-order valence-corrected chi connectivity index (χ2v) is 24.5. The van der Waals surface area contributed by atoms with Gasteiger partial charge in [-0.25, -0.2) is 4.98 Å². The van der Waals surface area contributed by atoms with Crippen LogP contribution in [0.1, 0.15) is 66.5 Å². The van der Waals surface area contributed by atoms with Crippen molar-refractivity contribution in [1.29, 1.82) is 0 Å². The van der Waals surface area contributed by atoms with E-state index in [1.807, 2.05) is 0 Å². The van der Waals surface area contributed by atoms with Crippen LogP contribution in [0.3, 0.4) is 0 Å². The van der Waals surface area contributed by atoms with Gasteiger partial charge in [0.25, 0.3) is 5.56 Å². The number of nitrogen functional groups attached to an aromatic ring is 1. The average Bonchev–Trinajstić information content (AvgIpc) is 3.49. The maximum absolute atomic E-state index is 12.4. The number of nitrogens with one attached hydrogen (secondary N) is 1. The molecule has 2 aromatic rings. The lowest BCUT2D eigenvalue weighted by atomic mass is 9.77. The van der Waals surface area contributed by atoms with E-state index in [4.69, 9.17) is 35.8 Å². The molecule has 0 spiro atoms. The number of aromatic nitrogens is 4. The summed E-state index contributed by atoms with van der Waals surface area (Å²) in [5.74, 6) is 0.473. The minimum Gasteiger partial charge on any atom is -0.414 e. The number of imidazole rings is 1. The van der Waals surface area contributed by atoms with Crippen LogP contribution < -0.4 is 11.3 Å². The molecular weight excluding hydrogens is 586 g/mol. The molecule has 3 aliphatic rings. The number of hydrogen-bond donors (Lipinski definition) is 2. The third-order valence-corrected chi connectivity index (χ3v) is 19.3. The van der Waals surface area contributed by atoms with Crippen molar-refractivity contribution >= 4 is 54.3 Å². The minimum absolute atomic E-state index is 0.0259. The van der Waals surface area contributed by atoms with Crippen molar-refractivity contribution < 1.29 is 18.2 Å². The van der Waals surface area contributed by atoms with Gasteiger partial charge in [-0.3, -0.25) is 14.3 Å². The summed E-state index contributed by atoms with van der Waals surface area (Å²) >= 11 is 7.85. The zero-order valence-corrected chi connectivity index (χ0v) is 28.0. The number of fused-ring (bicyclic) bond motifs is 2. The molecule has 2 aliphatic heterocycles. The molecule has 3 fully saturated rings. The number of rotatable bonds is 7. The highest BCUT2D eigenvalue weighted by molar-refractivity contribution is 8.68. The van der Waals surface area contributed by atoms with Gasteiger partial charge in [-0.1, -0.05) is 44.3 Å². The summed E-state index contributed by atoms with van der Waals surface area (Å²) in [6.07, 6.45) is 3.92. The molecule has 0 amide bonds. The topological polar surface area (TPSA) is 127 Å². The molecule has 2 aromatic heterocycles. The Kier molecular flexibility index (Phi) is 8.05. The molecule has 4 heterocycles. The molecule has 7 atom stereocenters. The summed E-state index contributed by atoms with van der Waals surface area (Å²) in [5, 5.41) is 0.0468. The van der Waals surface area contributed by atoms with Crippen LogP contribution in [0.5, 0.6) is 0 Å². The molecule has 10 nitrogen and oxygen atoms in total. The van der Waals surface area contributed by atoms with E-state index in [0.29, 0.717) is 24.6 Å². The summed E-state index contributed by atoms with van der Waals surface area (Å²) in [4.78, 5) is 23.5. The first kappa shape index (κ1) is 30.4. The number of nitrogens with zero attached hydrogens (tertiary/aromatic N) is 3. The van der Waals surface area contributed by atoms with Gasteiger partial charge in [0.15, 0.2) is 19.5 Å². The highest BCUT2D eigenvalue weighted by Gasteiger charge is 2.55.